The van der Waals surface area contributed by atoms with Gasteiger partial charge < -0.3 is 5.11 Å². The van der Waals surface area contributed by atoms with Crippen LogP contribution in [0.25, 0.3) is 0 Å². The third-order valence-electron chi connectivity index (χ3n) is 1.98. The first kappa shape index (κ1) is 9.76. The van der Waals surface area contributed by atoms with Gasteiger partial charge in [0.15, 0.2) is 0 Å². The summed E-state index contributed by atoms with van der Waals surface area (Å²) in [7, 11) is 0. The van der Waals surface area contributed by atoms with Crippen LogP contribution < -0.4 is 0 Å². The molecule has 1 atom stereocenters. The molecule has 1 aromatic rings. The van der Waals surface area contributed by atoms with E-state index in [1.165, 1.54) is 6.92 Å². The van der Waals surface area contributed by atoms with Crippen LogP contribution in [0.15, 0.2) is 30.3 Å². The molecule has 0 saturated carbocycles. The normalized spacial score (nSPS) is 14.5. The quantitative estimate of drug-likeness (QED) is 0.713. The Morgan fingerprint density at radius 1 is 1.38 bits per heavy atom. The topological polar surface area (TPSA) is 44.0 Å². The lowest BCUT2D eigenvalue weighted by atomic mass is 9.98. The van der Waals surface area contributed by atoms with Crippen molar-refractivity contribution in [1.29, 1.82) is 5.26 Å². The Bertz CT molecular complexity index is 298. The van der Waals surface area contributed by atoms with E-state index in [2.05, 4.69) is 0 Å². The number of hydrogen-bond donors (Lipinski definition) is 1. The maximum absolute atomic E-state index is 9.42. The molecule has 0 saturated heterocycles. The van der Waals surface area contributed by atoms with Crippen LogP contribution in [0.2, 0.25) is 0 Å². The first-order valence-electron chi connectivity index (χ1n) is 4.32. The van der Waals surface area contributed by atoms with Crippen molar-refractivity contribution in [2.24, 2.45) is 0 Å². The highest BCUT2D eigenvalue weighted by atomic mass is 16.3. The van der Waals surface area contributed by atoms with E-state index in [-0.39, 0.29) is 0 Å². The molecule has 1 unspecified atom stereocenters. The molecule has 0 amide bonds. The average Bonchev–Trinajstić information content (AvgIpc) is 2.17. The number of hydrogen-bond acceptors (Lipinski definition) is 2. The zero-order valence-electron chi connectivity index (χ0n) is 7.70. The van der Waals surface area contributed by atoms with E-state index in [1.807, 2.05) is 36.4 Å². The Morgan fingerprint density at radius 3 is 2.54 bits per heavy atom. The summed E-state index contributed by atoms with van der Waals surface area (Å²) in [4.78, 5) is 0. The van der Waals surface area contributed by atoms with Gasteiger partial charge in [-0.25, -0.2) is 0 Å². The summed E-state index contributed by atoms with van der Waals surface area (Å²) >= 11 is 0. The predicted molar refractivity (Wildman–Crippen MR) is 51.0 cm³/mol. The predicted octanol–water partition coefficient (Wildman–Crippen LogP) is 1.89. The number of rotatable bonds is 3. The Hall–Kier alpha value is -1.33. The molecule has 0 heterocycles. The van der Waals surface area contributed by atoms with Gasteiger partial charge in [-0.1, -0.05) is 30.3 Å². The van der Waals surface area contributed by atoms with Crippen LogP contribution in [0.3, 0.4) is 0 Å². The maximum Gasteiger partial charge on any atom is 0.148 e. The summed E-state index contributed by atoms with van der Waals surface area (Å²) in [5.74, 6) is 0. The van der Waals surface area contributed by atoms with Crippen LogP contribution >= 0.6 is 0 Å². The highest BCUT2D eigenvalue weighted by Gasteiger charge is 2.18. The second-order valence-corrected chi connectivity index (χ2v) is 3.37. The fourth-order valence-electron chi connectivity index (χ4n) is 1.09. The SMILES string of the molecule is CC(O)(C#N)CCc1ccccc1. The van der Waals surface area contributed by atoms with Gasteiger partial charge in [-0.2, -0.15) is 5.26 Å². The molecule has 1 aromatic carbocycles. The van der Waals surface area contributed by atoms with E-state index in [9.17, 15) is 5.11 Å². The summed E-state index contributed by atoms with van der Waals surface area (Å²) in [5, 5.41) is 18.0. The molecule has 0 bridgehead atoms. The minimum Gasteiger partial charge on any atom is -0.376 e. The van der Waals surface area contributed by atoms with Crippen molar-refractivity contribution in [3.63, 3.8) is 0 Å². The third kappa shape index (κ3) is 3.27. The molecule has 0 aliphatic heterocycles. The lowest BCUT2D eigenvalue weighted by Gasteiger charge is -2.13. The molecule has 0 fully saturated rings. The molecule has 0 aliphatic rings. The van der Waals surface area contributed by atoms with Gasteiger partial charge in [-0.3, -0.25) is 0 Å². The van der Waals surface area contributed by atoms with Crippen LogP contribution in [-0.4, -0.2) is 10.7 Å². The minimum absolute atomic E-state index is 0.480. The van der Waals surface area contributed by atoms with Crippen molar-refractivity contribution in [3.05, 3.63) is 35.9 Å². The van der Waals surface area contributed by atoms with Crippen molar-refractivity contribution in [2.75, 3.05) is 0 Å². The van der Waals surface area contributed by atoms with E-state index in [0.717, 1.165) is 12.0 Å². The van der Waals surface area contributed by atoms with Gasteiger partial charge in [0.2, 0.25) is 0 Å². The molecule has 0 radical (unpaired) electrons. The summed E-state index contributed by atoms with van der Waals surface area (Å²) in [6, 6.07) is 11.7. The van der Waals surface area contributed by atoms with Gasteiger partial charge in [0.25, 0.3) is 0 Å². The molecule has 0 aliphatic carbocycles. The highest BCUT2D eigenvalue weighted by molar-refractivity contribution is 5.15. The van der Waals surface area contributed by atoms with Gasteiger partial charge >= 0.3 is 0 Å². The van der Waals surface area contributed by atoms with Gasteiger partial charge in [0, 0.05) is 0 Å². The molecular weight excluding hydrogens is 162 g/mol. The Kier molecular flexibility index (Phi) is 3.05. The minimum atomic E-state index is -1.20. The number of aliphatic hydroxyl groups is 1. The summed E-state index contributed by atoms with van der Waals surface area (Å²) < 4.78 is 0. The third-order valence-corrected chi connectivity index (χ3v) is 1.98. The summed E-state index contributed by atoms with van der Waals surface area (Å²) in [5.41, 5.74) is -0.0476. The van der Waals surface area contributed by atoms with E-state index in [0.29, 0.717) is 6.42 Å². The highest BCUT2D eigenvalue weighted by Crippen LogP contribution is 2.12. The van der Waals surface area contributed by atoms with Crippen molar-refractivity contribution in [3.8, 4) is 6.07 Å². The monoisotopic (exact) mass is 175 g/mol. The molecule has 68 valence electrons. The molecule has 1 rings (SSSR count). The molecule has 1 N–H and O–H groups in total. The molecule has 2 nitrogen and oxygen atoms in total. The zero-order valence-corrected chi connectivity index (χ0v) is 7.70. The first-order chi connectivity index (χ1) is 6.14. The Morgan fingerprint density at radius 2 is 2.00 bits per heavy atom. The van der Waals surface area contributed by atoms with Gasteiger partial charge in [0.05, 0.1) is 6.07 Å². The van der Waals surface area contributed by atoms with Crippen molar-refractivity contribution in [2.45, 2.75) is 25.4 Å². The van der Waals surface area contributed by atoms with E-state index in [4.69, 9.17) is 5.26 Å². The standard InChI is InChI=1S/C11H13NO/c1-11(13,9-12)8-7-10-5-3-2-4-6-10/h2-6,13H,7-8H2,1H3. The summed E-state index contributed by atoms with van der Waals surface area (Å²) in [6.07, 6.45) is 1.22. The lowest BCUT2D eigenvalue weighted by molar-refractivity contribution is 0.110. The Labute approximate surface area is 78.4 Å². The second kappa shape index (κ2) is 4.06. The van der Waals surface area contributed by atoms with Crippen LogP contribution in [0, 0.1) is 11.3 Å². The first-order valence-corrected chi connectivity index (χ1v) is 4.32. The van der Waals surface area contributed by atoms with Gasteiger partial charge in [0.1, 0.15) is 5.60 Å². The summed E-state index contributed by atoms with van der Waals surface area (Å²) in [6.45, 7) is 1.54. The molecule has 13 heavy (non-hydrogen) atoms. The van der Waals surface area contributed by atoms with Gasteiger partial charge in [-0.05, 0) is 25.3 Å². The van der Waals surface area contributed by atoms with Crippen LogP contribution in [0.1, 0.15) is 18.9 Å². The van der Waals surface area contributed by atoms with E-state index in [1.54, 1.807) is 0 Å². The molecule has 0 aromatic heterocycles. The fraction of sp³-hybridized carbons (Fsp3) is 0.364. The van der Waals surface area contributed by atoms with Crippen molar-refractivity contribution in [1.82, 2.24) is 0 Å². The largest absolute Gasteiger partial charge is 0.376 e. The van der Waals surface area contributed by atoms with Crippen molar-refractivity contribution >= 4 is 0 Å². The van der Waals surface area contributed by atoms with E-state index < -0.39 is 5.60 Å². The van der Waals surface area contributed by atoms with Crippen molar-refractivity contribution < 1.29 is 5.11 Å². The maximum atomic E-state index is 9.42. The molecule has 0 spiro atoms. The fourth-order valence-corrected chi connectivity index (χ4v) is 1.09. The smallest absolute Gasteiger partial charge is 0.148 e. The Balaban J connectivity index is 2.50. The second-order valence-electron chi connectivity index (χ2n) is 3.37. The van der Waals surface area contributed by atoms with Crippen LogP contribution in [0.4, 0.5) is 0 Å². The van der Waals surface area contributed by atoms with Gasteiger partial charge in [-0.15, -0.1) is 0 Å². The van der Waals surface area contributed by atoms with Crippen LogP contribution in [-0.2, 0) is 6.42 Å². The lowest BCUT2D eigenvalue weighted by Crippen LogP contribution is -2.21. The molecule has 2 heteroatoms. The molecular formula is C11H13NO. The van der Waals surface area contributed by atoms with E-state index >= 15 is 0 Å². The number of nitriles is 1. The number of nitrogens with zero attached hydrogens (tertiary/aromatic N) is 1. The number of benzene rings is 1. The zero-order chi connectivity index (χ0) is 9.73. The average molecular weight is 175 g/mol. The number of aryl methyl sites for hydroxylation is 1. The van der Waals surface area contributed by atoms with Crippen LogP contribution in [0.5, 0.6) is 0 Å².